The lowest BCUT2D eigenvalue weighted by atomic mass is 10.0. The highest BCUT2D eigenvalue weighted by molar-refractivity contribution is 5.74. The van der Waals surface area contributed by atoms with E-state index in [2.05, 4.69) is 0 Å². The number of benzene rings is 1. The number of carboxylic acid groups (broad SMARTS) is 1. The topological polar surface area (TPSA) is 59.0 Å². The van der Waals surface area contributed by atoms with Crippen molar-refractivity contribution in [3.63, 3.8) is 0 Å². The Hall–Kier alpha value is -1.75. The summed E-state index contributed by atoms with van der Waals surface area (Å²) in [5.74, 6) is 1.07. The zero-order chi connectivity index (χ0) is 15.2. The molecule has 0 amide bonds. The van der Waals surface area contributed by atoms with Gasteiger partial charge in [-0.15, -0.1) is 0 Å². The SMILES string of the molecule is CCOc1ccc(OCCN2CCC(C)C2C(=O)O)cc1. The zero-order valence-electron chi connectivity index (χ0n) is 12.6. The van der Waals surface area contributed by atoms with E-state index in [1.165, 1.54) is 0 Å². The highest BCUT2D eigenvalue weighted by atomic mass is 16.5. The zero-order valence-corrected chi connectivity index (χ0v) is 12.6. The Morgan fingerprint density at radius 1 is 1.29 bits per heavy atom. The van der Waals surface area contributed by atoms with E-state index >= 15 is 0 Å². The van der Waals surface area contributed by atoms with Gasteiger partial charge in [-0.3, -0.25) is 9.69 Å². The first-order valence-electron chi connectivity index (χ1n) is 7.44. The smallest absolute Gasteiger partial charge is 0.321 e. The third-order valence-corrected chi connectivity index (χ3v) is 3.84. The third-order valence-electron chi connectivity index (χ3n) is 3.84. The summed E-state index contributed by atoms with van der Waals surface area (Å²) in [6.07, 6.45) is 0.931. The third kappa shape index (κ3) is 4.11. The average molecular weight is 293 g/mol. The molecule has 1 aliphatic rings. The van der Waals surface area contributed by atoms with Gasteiger partial charge >= 0.3 is 5.97 Å². The van der Waals surface area contributed by atoms with Crippen LogP contribution in [-0.2, 0) is 4.79 Å². The number of nitrogens with zero attached hydrogens (tertiary/aromatic N) is 1. The minimum atomic E-state index is -0.735. The summed E-state index contributed by atoms with van der Waals surface area (Å²) in [6.45, 7) is 6.53. The summed E-state index contributed by atoms with van der Waals surface area (Å²) < 4.78 is 11.0. The van der Waals surface area contributed by atoms with E-state index in [4.69, 9.17) is 9.47 Å². The van der Waals surface area contributed by atoms with Gasteiger partial charge < -0.3 is 14.6 Å². The summed E-state index contributed by atoms with van der Waals surface area (Å²) in [7, 11) is 0. The van der Waals surface area contributed by atoms with E-state index in [0.29, 0.717) is 19.8 Å². The Morgan fingerprint density at radius 2 is 1.90 bits per heavy atom. The van der Waals surface area contributed by atoms with Gasteiger partial charge in [-0.25, -0.2) is 0 Å². The predicted octanol–water partition coefficient (Wildman–Crippen LogP) is 2.26. The molecular weight excluding hydrogens is 270 g/mol. The van der Waals surface area contributed by atoms with Gasteiger partial charge in [-0.1, -0.05) is 6.92 Å². The van der Waals surface area contributed by atoms with Crippen LogP contribution in [0.1, 0.15) is 20.3 Å². The number of hydrogen-bond acceptors (Lipinski definition) is 4. The maximum atomic E-state index is 11.3. The van der Waals surface area contributed by atoms with Crippen LogP contribution in [0.25, 0.3) is 0 Å². The molecule has 116 valence electrons. The van der Waals surface area contributed by atoms with Crippen molar-refractivity contribution in [3.8, 4) is 11.5 Å². The van der Waals surface area contributed by atoms with Crippen LogP contribution in [0.4, 0.5) is 0 Å². The van der Waals surface area contributed by atoms with Crippen LogP contribution >= 0.6 is 0 Å². The largest absolute Gasteiger partial charge is 0.494 e. The number of carbonyl (C=O) groups is 1. The Bertz CT molecular complexity index is 460. The second-order valence-electron chi connectivity index (χ2n) is 5.34. The summed E-state index contributed by atoms with van der Waals surface area (Å²) >= 11 is 0. The van der Waals surface area contributed by atoms with Gasteiger partial charge in [0.2, 0.25) is 0 Å². The molecule has 1 fully saturated rings. The number of carboxylic acids is 1. The van der Waals surface area contributed by atoms with Gasteiger partial charge in [0.05, 0.1) is 6.61 Å². The van der Waals surface area contributed by atoms with Gasteiger partial charge in [0, 0.05) is 6.54 Å². The van der Waals surface area contributed by atoms with Crippen molar-refractivity contribution >= 4 is 5.97 Å². The maximum absolute atomic E-state index is 11.3. The fourth-order valence-electron chi connectivity index (χ4n) is 2.76. The Morgan fingerprint density at radius 3 is 2.48 bits per heavy atom. The van der Waals surface area contributed by atoms with Crippen LogP contribution in [0.15, 0.2) is 24.3 Å². The molecule has 0 aromatic heterocycles. The van der Waals surface area contributed by atoms with E-state index < -0.39 is 5.97 Å². The van der Waals surface area contributed by atoms with E-state index in [1.807, 2.05) is 43.0 Å². The van der Waals surface area contributed by atoms with Gasteiger partial charge in [0.1, 0.15) is 24.1 Å². The molecule has 0 bridgehead atoms. The number of hydrogen-bond donors (Lipinski definition) is 1. The molecule has 1 aromatic rings. The molecule has 2 unspecified atom stereocenters. The molecule has 1 aliphatic heterocycles. The average Bonchev–Trinajstić information content (AvgIpc) is 2.82. The van der Waals surface area contributed by atoms with Crippen molar-refractivity contribution in [3.05, 3.63) is 24.3 Å². The molecule has 0 aliphatic carbocycles. The van der Waals surface area contributed by atoms with E-state index in [0.717, 1.165) is 24.5 Å². The predicted molar refractivity (Wildman–Crippen MR) is 79.9 cm³/mol. The van der Waals surface area contributed by atoms with Gasteiger partial charge in [0.25, 0.3) is 0 Å². The van der Waals surface area contributed by atoms with Crippen molar-refractivity contribution in [2.75, 3.05) is 26.3 Å². The van der Waals surface area contributed by atoms with Crippen molar-refractivity contribution < 1.29 is 19.4 Å². The van der Waals surface area contributed by atoms with E-state index in [-0.39, 0.29) is 12.0 Å². The quantitative estimate of drug-likeness (QED) is 0.835. The lowest BCUT2D eigenvalue weighted by Crippen LogP contribution is -2.41. The molecule has 1 N–H and O–H groups in total. The Kier molecular flexibility index (Phi) is 5.44. The monoisotopic (exact) mass is 293 g/mol. The Balaban J connectivity index is 1.80. The molecule has 2 atom stereocenters. The molecule has 21 heavy (non-hydrogen) atoms. The van der Waals surface area contributed by atoms with Crippen molar-refractivity contribution in [2.45, 2.75) is 26.3 Å². The highest BCUT2D eigenvalue weighted by Crippen LogP contribution is 2.24. The minimum Gasteiger partial charge on any atom is -0.494 e. The molecule has 1 aromatic carbocycles. The van der Waals surface area contributed by atoms with Crippen molar-refractivity contribution in [1.82, 2.24) is 4.90 Å². The Labute approximate surface area is 125 Å². The fourth-order valence-corrected chi connectivity index (χ4v) is 2.76. The molecule has 5 heteroatoms. The standard InChI is InChI=1S/C16H23NO4/c1-3-20-13-4-6-14(7-5-13)21-11-10-17-9-8-12(2)15(17)16(18)19/h4-7,12,15H,3,8-11H2,1-2H3,(H,18,19). The number of likely N-dealkylation sites (tertiary alicyclic amines) is 1. The minimum absolute atomic E-state index is 0.202. The first kappa shape index (κ1) is 15.6. The molecule has 0 radical (unpaired) electrons. The summed E-state index contributed by atoms with van der Waals surface area (Å²) in [5.41, 5.74) is 0. The molecule has 0 spiro atoms. The first-order chi connectivity index (χ1) is 10.1. The van der Waals surface area contributed by atoms with Crippen molar-refractivity contribution in [1.29, 1.82) is 0 Å². The second kappa shape index (κ2) is 7.31. The number of rotatable bonds is 7. The number of ether oxygens (including phenoxy) is 2. The number of aliphatic carboxylic acids is 1. The highest BCUT2D eigenvalue weighted by Gasteiger charge is 2.36. The van der Waals surface area contributed by atoms with Crippen LogP contribution in [0.3, 0.4) is 0 Å². The van der Waals surface area contributed by atoms with Gasteiger partial charge in [0.15, 0.2) is 0 Å². The molecule has 0 saturated carbocycles. The van der Waals surface area contributed by atoms with Crippen LogP contribution in [-0.4, -0.2) is 48.3 Å². The first-order valence-corrected chi connectivity index (χ1v) is 7.44. The van der Waals surface area contributed by atoms with Crippen LogP contribution in [0, 0.1) is 5.92 Å². The van der Waals surface area contributed by atoms with Gasteiger partial charge in [-0.2, -0.15) is 0 Å². The maximum Gasteiger partial charge on any atom is 0.321 e. The summed E-state index contributed by atoms with van der Waals surface area (Å²) in [4.78, 5) is 13.2. The van der Waals surface area contributed by atoms with E-state index in [1.54, 1.807) is 0 Å². The van der Waals surface area contributed by atoms with Crippen LogP contribution < -0.4 is 9.47 Å². The van der Waals surface area contributed by atoms with Crippen molar-refractivity contribution in [2.24, 2.45) is 5.92 Å². The molecule has 1 saturated heterocycles. The molecule has 5 nitrogen and oxygen atoms in total. The lowest BCUT2D eigenvalue weighted by molar-refractivity contribution is -0.143. The molecular formula is C16H23NO4. The fraction of sp³-hybridized carbons (Fsp3) is 0.562. The van der Waals surface area contributed by atoms with Crippen LogP contribution in [0.5, 0.6) is 11.5 Å². The summed E-state index contributed by atoms with van der Waals surface area (Å²) in [5, 5.41) is 9.26. The normalized spacial score (nSPS) is 22.2. The molecule has 1 heterocycles. The molecule has 2 rings (SSSR count). The van der Waals surface area contributed by atoms with Gasteiger partial charge in [-0.05, 0) is 50.1 Å². The second-order valence-corrected chi connectivity index (χ2v) is 5.34. The summed E-state index contributed by atoms with van der Waals surface area (Å²) in [6, 6.07) is 7.10. The van der Waals surface area contributed by atoms with Crippen LogP contribution in [0.2, 0.25) is 0 Å². The lowest BCUT2D eigenvalue weighted by Gasteiger charge is -2.23. The van der Waals surface area contributed by atoms with E-state index in [9.17, 15) is 9.90 Å².